The lowest BCUT2D eigenvalue weighted by Crippen LogP contribution is -2.30. The molecule has 0 saturated carbocycles. The van der Waals surface area contributed by atoms with Gasteiger partial charge in [0.15, 0.2) is 0 Å². The maximum atomic E-state index is 5.51. The quantitative estimate of drug-likeness (QED) is 0.490. The van der Waals surface area contributed by atoms with Crippen molar-refractivity contribution in [1.29, 1.82) is 0 Å². The minimum Gasteiger partial charge on any atom is -0.378 e. The normalized spacial score (nSPS) is 12.0. The second-order valence-electron chi connectivity index (χ2n) is 5.52. The van der Waals surface area contributed by atoms with Gasteiger partial charge in [0.25, 0.3) is 0 Å². The number of hydrogen-bond acceptors (Lipinski definition) is 5. The summed E-state index contributed by atoms with van der Waals surface area (Å²) in [4.78, 5) is 2.26. The molecule has 0 aliphatic heterocycles. The number of hydrogen-bond donors (Lipinski definition) is 1. The Morgan fingerprint density at radius 3 is 1.80 bits per heavy atom. The van der Waals surface area contributed by atoms with Crippen LogP contribution in [-0.2, 0) is 14.2 Å². The van der Waals surface area contributed by atoms with Crippen molar-refractivity contribution in [2.24, 2.45) is 0 Å². The molecule has 0 unspecified atom stereocenters. The van der Waals surface area contributed by atoms with Crippen LogP contribution < -0.4 is 5.32 Å². The van der Waals surface area contributed by atoms with E-state index in [1.807, 2.05) is 0 Å². The predicted octanol–water partition coefficient (Wildman–Crippen LogP) is 1.37. The maximum Gasteiger partial charge on any atom is 0.0701 e. The van der Waals surface area contributed by atoms with Gasteiger partial charge in [-0.05, 0) is 20.9 Å². The van der Waals surface area contributed by atoms with Crippen LogP contribution in [0.4, 0.5) is 0 Å². The summed E-state index contributed by atoms with van der Waals surface area (Å²) in [5.41, 5.74) is 0. The molecule has 0 fully saturated rings. The van der Waals surface area contributed by atoms with Crippen LogP contribution >= 0.6 is 0 Å². The van der Waals surface area contributed by atoms with E-state index >= 15 is 0 Å². The van der Waals surface area contributed by atoms with Gasteiger partial charge in [0, 0.05) is 25.2 Å². The molecular formula is C15H34N2O3. The Labute approximate surface area is 124 Å². The highest BCUT2D eigenvalue weighted by Crippen LogP contribution is 1.92. The third-order valence-electron chi connectivity index (χ3n) is 3.01. The fourth-order valence-corrected chi connectivity index (χ4v) is 1.43. The summed E-state index contributed by atoms with van der Waals surface area (Å²) in [5.74, 6) is 0. The Kier molecular flexibility index (Phi) is 13.6. The van der Waals surface area contributed by atoms with Crippen LogP contribution in [-0.4, -0.2) is 76.8 Å². The second-order valence-corrected chi connectivity index (χ2v) is 5.52. The molecule has 0 saturated heterocycles. The van der Waals surface area contributed by atoms with E-state index in [9.17, 15) is 0 Å². The van der Waals surface area contributed by atoms with E-state index < -0.39 is 0 Å². The molecule has 0 radical (unpaired) electrons. The van der Waals surface area contributed by atoms with Crippen molar-refractivity contribution in [2.45, 2.75) is 39.8 Å². The Hall–Kier alpha value is -0.200. The first-order valence-electron chi connectivity index (χ1n) is 7.71. The van der Waals surface area contributed by atoms with Gasteiger partial charge in [-0.3, -0.25) is 0 Å². The van der Waals surface area contributed by atoms with Gasteiger partial charge >= 0.3 is 0 Å². The Morgan fingerprint density at radius 2 is 1.30 bits per heavy atom. The van der Waals surface area contributed by atoms with Gasteiger partial charge < -0.3 is 24.4 Å². The van der Waals surface area contributed by atoms with Crippen LogP contribution in [0.3, 0.4) is 0 Å². The van der Waals surface area contributed by atoms with Gasteiger partial charge in [-0.15, -0.1) is 0 Å². The van der Waals surface area contributed by atoms with Gasteiger partial charge in [0.05, 0.1) is 39.6 Å². The third-order valence-corrected chi connectivity index (χ3v) is 3.01. The van der Waals surface area contributed by atoms with Crippen LogP contribution in [0.15, 0.2) is 0 Å². The molecule has 0 heterocycles. The average molecular weight is 290 g/mol. The van der Waals surface area contributed by atoms with E-state index in [0.29, 0.717) is 38.5 Å². The second kappa shape index (κ2) is 13.8. The lowest BCUT2D eigenvalue weighted by atomic mass is 10.3. The van der Waals surface area contributed by atoms with E-state index in [4.69, 9.17) is 14.2 Å². The first-order chi connectivity index (χ1) is 9.54. The van der Waals surface area contributed by atoms with Crippen molar-refractivity contribution in [3.8, 4) is 0 Å². The van der Waals surface area contributed by atoms with Crippen molar-refractivity contribution in [2.75, 3.05) is 59.8 Å². The van der Waals surface area contributed by atoms with E-state index in [1.54, 1.807) is 0 Å². The van der Waals surface area contributed by atoms with Gasteiger partial charge in [0.2, 0.25) is 0 Å². The minimum atomic E-state index is 0.515. The summed E-state index contributed by atoms with van der Waals surface area (Å²) < 4.78 is 16.4. The molecule has 0 aliphatic rings. The molecule has 5 nitrogen and oxygen atoms in total. The highest BCUT2D eigenvalue weighted by atomic mass is 16.5. The fraction of sp³-hybridized carbons (Fsp3) is 1.00. The number of ether oxygens (including phenoxy) is 3. The monoisotopic (exact) mass is 290 g/mol. The first-order valence-corrected chi connectivity index (χ1v) is 7.71. The number of nitrogens with one attached hydrogen (secondary N) is 1. The molecule has 0 atom stereocenters. The largest absolute Gasteiger partial charge is 0.378 e. The molecule has 0 rings (SSSR count). The smallest absolute Gasteiger partial charge is 0.0701 e. The molecule has 0 aromatic rings. The number of nitrogens with zero attached hydrogens (tertiary/aromatic N) is 1. The standard InChI is InChI=1S/C15H34N2O3/c1-14(2)16-6-8-18-10-12-20-13-11-19-9-7-17(5)15(3)4/h14-16H,6-13H2,1-5H3. The Morgan fingerprint density at radius 1 is 0.800 bits per heavy atom. The third kappa shape index (κ3) is 14.2. The zero-order chi connectivity index (χ0) is 15.2. The summed E-state index contributed by atoms with van der Waals surface area (Å²) in [6.45, 7) is 14.5. The molecule has 0 aliphatic carbocycles. The van der Waals surface area contributed by atoms with Crippen LogP contribution in [0, 0.1) is 0 Å². The van der Waals surface area contributed by atoms with Crippen LogP contribution in [0.1, 0.15) is 27.7 Å². The lowest BCUT2D eigenvalue weighted by molar-refractivity contribution is 0.0109. The molecule has 0 spiro atoms. The maximum absolute atomic E-state index is 5.51. The lowest BCUT2D eigenvalue weighted by Gasteiger charge is -2.20. The SMILES string of the molecule is CC(C)NCCOCCOCCOCCN(C)C(C)C. The van der Waals surface area contributed by atoms with Crippen molar-refractivity contribution in [3.63, 3.8) is 0 Å². The molecule has 0 aromatic carbocycles. The highest BCUT2D eigenvalue weighted by Gasteiger charge is 2.01. The van der Waals surface area contributed by atoms with Crippen LogP contribution in [0.5, 0.6) is 0 Å². The van der Waals surface area contributed by atoms with Crippen molar-refractivity contribution < 1.29 is 14.2 Å². The zero-order valence-corrected chi connectivity index (χ0v) is 14.0. The van der Waals surface area contributed by atoms with Crippen molar-refractivity contribution in [3.05, 3.63) is 0 Å². The van der Waals surface area contributed by atoms with E-state index in [0.717, 1.165) is 26.3 Å². The Bertz CT molecular complexity index is 202. The summed E-state index contributed by atoms with van der Waals surface area (Å²) in [7, 11) is 2.11. The Balaban J connectivity index is 3.06. The van der Waals surface area contributed by atoms with Gasteiger partial charge in [-0.25, -0.2) is 0 Å². The molecule has 1 N–H and O–H groups in total. The highest BCUT2D eigenvalue weighted by molar-refractivity contribution is 4.55. The molecule has 0 aromatic heterocycles. The molecule has 122 valence electrons. The summed E-state index contributed by atoms with van der Waals surface area (Å²) >= 11 is 0. The topological polar surface area (TPSA) is 43.0 Å². The zero-order valence-electron chi connectivity index (χ0n) is 14.0. The van der Waals surface area contributed by atoms with Crippen LogP contribution in [0.2, 0.25) is 0 Å². The number of rotatable bonds is 14. The summed E-state index contributed by atoms with van der Waals surface area (Å²) in [6.07, 6.45) is 0. The molecule has 0 amide bonds. The first kappa shape index (κ1) is 19.8. The minimum absolute atomic E-state index is 0.515. The molecule has 0 bridgehead atoms. The van der Waals surface area contributed by atoms with E-state index in [-0.39, 0.29) is 0 Å². The summed E-state index contributed by atoms with van der Waals surface area (Å²) in [6, 6.07) is 1.08. The fourth-order valence-electron chi connectivity index (χ4n) is 1.43. The van der Waals surface area contributed by atoms with Crippen LogP contribution in [0.25, 0.3) is 0 Å². The van der Waals surface area contributed by atoms with E-state index in [1.165, 1.54) is 0 Å². The van der Waals surface area contributed by atoms with Gasteiger partial charge in [-0.2, -0.15) is 0 Å². The van der Waals surface area contributed by atoms with Crippen molar-refractivity contribution in [1.82, 2.24) is 10.2 Å². The molecule has 5 heteroatoms. The number of likely N-dealkylation sites (N-methyl/N-ethyl adjacent to an activating group) is 1. The van der Waals surface area contributed by atoms with E-state index in [2.05, 4.69) is 45.0 Å². The van der Waals surface area contributed by atoms with Gasteiger partial charge in [-0.1, -0.05) is 13.8 Å². The van der Waals surface area contributed by atoms with Gasteiger partial charge in [0.1, 0.15) is 0 Å². The average Bonchev–Trinajstić information content (AvgIpc) is 2.39. The summed E-state index contributed by atoms with van der Waals surface area (Å²) in [5, 5.41) is 3.30. The molecule has 20 heavy (non-hydrogen) atoms. The molecular weight excluding hydrogens is 256 g/mol. The van der Waals surface area contributed by atoms with Crippen molar-refractivity contribution >= 4 is 0 Å². The predicted molar refractivity (Wildman–Crippen MR) is 83.4 cm³/mol.